The highest BCUT2D eigenvalue weighted by Gasteiger charge is 2.21. The van der Waals surface area contributed by atoms with E-state index in [1.165, 1.54) is 11.3 Å². The Balaban J connectivity index is 2.02. The van der Waals surface area contributed by atoms with Crippen LogP contribution in [0.3, 0.4) is 0 Å². The zero-order chi connectivity index (χ0) is 11.0. The van der Waals surface area contributed by atoms with Crippen molar-refractivity contribution in [3.05, 3.63) is 24.5 Å². The van der Waals surface area contributed by atoms with Crippen LogP contribution in [0.2, 0.25) is 0 Å². The minimum absolute atomic E-state index is 0.0605. The molecule has 0 aliphatic carbocycles. The molecule has 0 bridgehead atoms. The Kier molecular flexibility index (Phi) is 2.07. The van der Waals surface area contributed by atoms with Crippen molar-refractivity contribution in [2.24, 2.45) is 0 Å². The molecule has 1 aliphatic heterocycles. The average Bonchev–Trinajstić information content (AvgIpc) is 2.73. The second-order valence-electron chi connectivity index (χ2n) is 3.23. The van der Waals surface area contributed by atoms with Crippen LogP contribution in [-0.2, 0) is 4.79 Å². The van der Waals surface area contributed by atoms with Gasteiger partial charge in [0.2, 0.25) is 5.06 Å². The number of hydrogen-bond acceptors (Lipinski definition) is 5. The Morgan fingerprint density at radius 1 is 1.38 bits per heavy atom. The van der Waals surface area contributed by atoms with Gasteiger partial charge in [0.1, 0.15) is 5.01 Å². The molecule has 80 valence electrons. The summed E-state index contributed by atoms with van der Waals surface area (Å²) in [5, 5.41) is 4.14. The first-order valence-electron chi connectivity index (χ1n) is 4.67. The van der Waals surface area contributed by atoms with E-state index in [0.717, 1.165) is 10.6 Å². The van der Waals surface area contributed by atoms with E-state index in [1.807, 2.05) is 12.1 Å². The Labute approximate surface area is 95.1 Å². The summed E-state index contributed by atoms with van der Waals surface area (Å²) in [5.74, 6) is 0.340. The number of carbonyl (C=O) groups excluding carboxylic acids is 1. The van der Waals surface area contributed by atoms with Gasteiger partial charge in [-0.3, -0.25) is 9.78 Å². The van der Waals surface area contributed by atoms with Crippen molar-refractivity contribution in [1.29, 1.82) is 0 Å². The van der Waals surface area contributed by atoms with Gasteiger partial charge < -0.3 is 10.1 Å². The molecule has 1 N–H and O–H groups in total. The average molecular weight is 233 g/mol. The largest absolute Gasteiger partial charge is 0.471 e. The van der Waals surface area contributed by atoms with E-state index in [2.05, 4.69) is 15.3 Å². The summed E-state index contributed by atoms with van der Waals surface area (Å²) in [6.45, 7) is 0.0605. The van der Waals surface area contributed by atoms with Crippen molar-refractivity contribution >= 4 is 23.1 Å². The zero-order valence-corrected chi connectivity index (χ0v) is 8.95. The van der Waals surface area contributed by atoms with Crippen molar-refractivity contribution in [3.63, 3.8) is 0 Å². The summed E-state index contributed by atoms with van der Waals surface area (Å²) < 4.78 is 5.27. The van der Waals surface area contributed by atoms with Crippen LogP contribution >= 0.6 is 11.3 Å². The SMILES string of the molecule is O=C1COc2sc(-c3ccncc3)nc2N1. The normalized spacial score (nSPS) is 13.9. The molecular formula is C10H7N3O2S. The lowest BCUT2D eigenvalue weighted by Gasteiger charge is -2.10. The number of fused-ring (bicyclic) bond motifs is 1. The number of nitrogens with zero attached hydrogens (tertiary/aromatic N) is 2. The quantitative estimate of drug-likeness (QED) is 0.811. The predicted octanol–water partition coefficient (Wildman–Crippen LogP) is 1.54. The number of anilines is 1. The Morgan fingerprint density at radius 3 is 3.00 bits per heavy atom. The number of carbonyl (C=O) groups is 1. The maximum Gasteiger partial charge on any atom is 0.263 e. The molecule has 6 heteroatoms. The summed E-state index contributed by atoms with van der Waals surface area (Å²) >= 11 is 1.41. The Bertz CT molecular complexity index is 538. The first kappa shape index (κ1) is 9.29. The number of pyridine rings is 1. The van der Waals surface area contributed by atoms with Gasteiger partial charge in [-0.15, -0.1) is 0 Å². The third-order valence-electron chi connectivity index (χ3n) is 2.12. The van der Waals surface area contributed by atoms with Gasteiger partial charge in [0.05, 0.1) is 0 Å². The fraction of sp³-hybridized carbons (Fsp3) is 0.100. The zero-order valence-electron chi connectivity index (χ0n) is 8.14. The highest BCUT2D eigenvalue weighted by molar-refractivity contribution is 7.17. The van der Waals surface area contributed by atoms with E-state index in [4.69, 9.17) is 4.74 Å². The van der Waals surface area contributed by atoms with E-state index in [9.17, 15) is 4.79 Å². The van der Waals surface area contributed by atoms with Crippen LogP contribution in [0.15, 0.2) is 24.5 Å². The highest BCUT2D eigenvalue weighted by atomic mass is 32.1. The monoisotopic (exact) mass is 233 g/mol. The van der Waals surface area contributed by atoms with Crippen LogP contribution < -0.4 is 10.1 Å². The molecule has 0 saturated heterocycles. The van der Waals surface area contributed by atoms with Gasteiger partial charge >= 0.3 is 0 Å². The molecule has 0 atom stereocenters. The second kappa shape index (κ2) is 3.57. The number of ether oxygens (including phenoxy) is 1. The van der Waals surface area contributed by atoms with Crippen molar-refractivity contribution in [1.82, 2.24) is 9.97 Å². The smallest absolute Gasteiger partial charge is 0.263 e. The molecule has 0 radical (unpaired) electrons. The lowest BCUT2D eigenvalue weighted by atomic mass is 10.3. The van der Waals surface area contributed by atoms with Gasteiger partial charge in [-0.2, -0.15) is 0 Å². The molecule has 1 aliphatic rings. The van der Waals surface area contributed by atoms with E-state index >= 15 is 0 Å². The highest BCUT2D eigenvalue weighted by Crippen LogP contribution is 2.38. The molecule has 16 heavy (non-hydrogen) atoms. The topological polar surface area (TPSA) is 64.1 Å². The number of nitrogens with one attached hydrogen (secondary N) is 1. The molecule has 0 spiro atoms. The van der Waals surface area contributed by atoms with Crippen LogP contribution in [0.5, 0.6) is 5.06 Å². The number of amides is 1. The van der Waals surface area contributed by atoms with Gasteiger partial charge in [0.15, 0.2) is 12.4 Å². The summed E-state index contributed by atoms with van der Waals surface area (Å²) in [6.07, 6.45) is 3.41. The van der Waals surface area contributed by atoms with Gasteiger partial charge in [0.25, 0.3) is 5.91 Å². The number of aromatic nitrogens is 2. The van der Waals surface area contributed by atoms with Crippen LogP contribution in [0.1, 0.15) is 0 Å². The molecule has 3 heterocycles. The van der Waals surface area contributed by atoms with Crippen molar-refractivity contribution in [2.45, 2.75) is 0 Å². The van der Waals surface area contributed by atoms with E-state index in [0.29, 0.717) is 10.9 Å². The standard InChI is InChI=1S/C10H7N3O2S/c14-7-5-15-10-8(12-7)13-9(16-10)6-1-3-11-4-2-6/h1-4H,5H2,(H,12,14). The molecule has 3 rings (SSSR count). The van der Waals surface area contributed by atoms with Crippen molar-refractivity contribution in [3.8, 4) is 15.6 Å². The minimum Gasteiger partial charge on any atom is -0.471 e. The third kappa shape index (κ3) is 1.53. The fourth-order valence-corrected chi connectivity index (χ4v) is 2.28. The van der Waals surface area contributed by atoms with Crippen LogP contribution in [0.25, 0.3) is 10.6 Å². The Morgan fingerprint density at radius 2 is 2.19 bits per heavy atom. The maximum atomic E-state index is 11.1. The molecule has 5 nitrogen and oxygen atoms in total. The van der Waals surface area contributed by atoms with Crippen LogP contribution in [-0.4, -0.2) is 22.5 Å². The van der Waals surface area contributed by atoms with Gasteiger partial charge in [-0.1, -0.05) is 11.3 Å². The molecule has 2 aromatic rings. The lowest BCUT2D eigenvalue weighted by Crippen LogP contribution is -2.24. The molecule has 0 fully saturated rings. The molecular weight excluding hydrogens is 226 g/mol. The van der Waals surface area contributed by atoms with Crippen molar-refractivity contribution in [2.75, 3.05) is 11.9 Å². The number of thiazole rings is 1. The summed E-state index contributed by atoms with van der Waals surface area (Å²) in [5.41, 5.74) is 0.965. The maximum absolute atomic E-state index is 11.1. The molecule has 1 amide bonds. The number of hydrogen-bond donors (Lipinski definition) is 1. The predicted molar refractivity (Wildman–Crippen MR) is 59.5 cm³/mol. The minimum atomic E-state index is -0.168. The number of rotatable bonds is 1. The molecule has 0 aromatic carbocycles. The van der Waals surface area contributed by atoms with Gasteiger partial charge in [-0.05, 0) is 12.1 Å². The third-order valence-corrected chi connectivity index (χ3v) is 3.13. The second-order valence-corrected chi connectivity index (χ2v) is 4.19. The molecule has 0 unspecified atom stereocenters. The van der Waals surface area contributed by atoms with Crippen molar-refractivity contribution < 1.29 is 9.53 Å². The summed E-state index contributed by atoms with van der Waals surface area (Å²) in [6, 6.07) is 3.73. The summed E-state index contributed by atoms with van der Waals surface area (Å²) in [7, 11) is 0. The van der Waals surface area contributed by atoms with Crippen LogP contribution in [0.4, 0.5) is 5.82 Å². The fourth-order valence-electron chi connectivity index (χ4n) is 1.40. The van der Waals surface area contributed by atoms with E-state index in [1.54, 1.807) is 12.4 Å². The van der Waals surface area contributed by atoms with Gasteiger partial charge in [0, 0.05) is 18.0 Å². The molecule has 2 aromatic heterocycles. The Hall–Kier alpha value is -1.95. The lowest BCUT2D eigenvalue weighted by molar-refractivity contribution is -0.118. The van der Waals surface area contributed by atoms with Gasteiger partial charge in [-0.25, -0.2) is 4.98 Å². The first-order chi connectivity index (χ1) is 7.83. The van der Waals surface area contributed by atoms with E-state index in [-0.39, 0.29) is 12.5 Å². The molecule has 0 saturated carbocycles. The van der Waals surface area contributed by atoms with E-state index < -0.39 is 0 Å². The van der Waals surface area contributed by atoms with Crippen LogP contribution in [0, 0.1) is 0 Å². The first-order valence-corrected chi connectivity index (χ1v) is 5.48. The summed E-state index contributed by atoms with van der Waals surface area (Å²) in [4.78, 5) is 19.3.